The first-order valence-corrected chi connectivity index (χ1v) is 8.48. The molecule has 0 spiro atoms. The monoisotopic (exact) mass is 341 g/mol. The average Bonchev–Trinajstić information content (AvgIpc) is 2.81. The molecular weight excluding hydrogens is 326 g/mol. The van der Waals surface area contributed by atoms with Gasteiger partial charge in [0.2, 0.25) is 0 Å². The first-order valence-electron chi connectivity index (χ1n) is 5.82. The number of hydrogen-bond acceptors (Lipinski definition) is 3. The van der Waals surface area contributed by atoms with E-state index < -0.39 is 0 Å². The Hall–Kier alpha value is -0.290. The lowest BCUT2D eigenvalue weighted by atomic mass is 10.1. The van der Waals surface area contributed by atoms with Crippen LogP contribution in [0.2, 0.25) is 0 Å². The maximum atomic E-state index is 3.57. The zero-order chi connectivity index (χ0) is 13.0. The molecule has 96 valence electrons. The third-order valence-electron chi connectivity index (χ3n) is 2.87. The van der Waals surface area contributed by atoms with Gasteiger partial charge >= 0.3 is 0 Å². The molecule has 4 heteroatoms. The largest absolute Gasteiger partial charge is 0.313 e. The molecule has 1 nitrogen and oxygen atoms in total. The van der Waals surface area contributed by atoms with E-state index in [1.54, 1.807) is 11.3 Å². The third kappa shape index (κ3) is 3.60. The molecule has 0 aliphatic heterocycles. The molecule has 0 radical (unpaired) electrons. The molecule has 1 N–H and O–H groups in total. The van der Waals surface area contributed by atoms with Crippen LogP contribution in [0.1, 0.15) is 23.4 Å². The molecule has 1 aromatic carbocycles. The van der Waals surface area contributed by atoms with E-state index in [1.807, 2.05) is 18.8 Å². The van der Waals surface area contributed by atoms with Crippen LogP contribution in [0, 0.1) is 0 Å². The normalized spacial score (nSPS) is 12.6. The van der Waals surface area contributed by atoms with Gasteiger partial charge in [-0.3, -0.25) is 0 Å². The van der Waals surface area contributed by atoms with E-state index in [2.05, 4.69) is 63.9 Å². The topological polar surface area (TPSA) is 12.0 Å². The van der Waals surface area contributed by atoms with Crippen LogP contribution in [-0.2, 0) is 5.75 Å². The van der Waals surface area contributed by atoms with Gasteiger partial charge in [-0.2, -0.15) is 0 Å². The van der Waals surface area contributed by atoms with E-state index in [0.717, 1.165) is 5.75 Å². The predicted octanol–water partition coefficient (Wildman–Crippen LogP) is 5.08. The summed E-state index contributed by atoms with van der Waals surface area (Å²) in [7, 11) is 1.99. The highest BCUT2D eigenvalue weighted by Crippen LogP contribution is 2.30. The highest BCUT2D eigenvalue weighted by atomic mass is 79.9. The summed E-state index contributed by atoms with van der Waals surface area (Å²) in [6.45, 7) is 2.17. The summed E-state index contributed by atoms with van der Waals surface area (Å²) in [4.78, 5) is 2.72. The molecule has 18 heavy (non-hydrogen) atoms. The first kappa shape index (κ1) is 14.1. The maximum absolute atomic E-state index is 3.57. The van der Waals surface area contributed by atoms with Crippen molar-refractivity contribution in [1.29, 1.82) is 0 Å². The van der Waals surface area contributed by atoms with Gasteiger partial charge in [0.15, 0.2) is 0 Å². The lowest BCUT2D eigenvalue weighted by Crippen LogP contribution is -2.11. The summed E-state index contributed by atoms with van der Waals surface area (Å²) in [6.07, 6.45) is 0. The van der Waals surface area contributed by atoms with E-state index in [-0.39, 0.29) is 0 Å². The van der Waals surface area contributed by atoms with E-state index >= 15 is 0 Å². The van der Waals surface area contributed by atoms with Crippen molar-refractivity contribution in [3.05, 3.63) is 50.6 Å². The Morgan fingerprint density at radius 1 is 1.28 bits per heavy atom. The van der Waals surface area contributed by atoms with Crippen molar-refractivity contribution in [3.8, 4) is 0 Å². The van der Waals surface area contributed by atoms with Crippen LogP contribution in [0.3, 0.4) is 0 Å². The molecule has 0 aliphatic rings. The molecule has 1 unspecified atom stereocenters. The van der Waals surface area contributed by atoms with E-state index in [0.29, 0.717) is 6.04 Å². The van der Waals surface area contributed by atoms with Crippen LogP contribution >= 0.6 is 39.0 Å². The third-order valence-corrected chi connectivity index (χ3v) is 6.02. The summed E-state index contributed by atoms with van der Waals surface area (Å²) in [5.41, 5.74) is 1.33. The minimum absolute atomic E-state index is 0.412. The SMILES string of the molecule is CNC(C)c1ccc(SCc2sccc2Br)cc1. The van der Waals surface area contributed by atoms with Crippen LogP contribution in [-0.4, -0.2) is 7.05 Å². The smallest absolute Gasteiger partial charge is 0.0337 e. The van der Waals surface area contributed by atoms with Crippen molar-refractivity contribution in [1.82, 2.24) is 5.32 Å². The molecule has 1 atom stereocenters. The lowest BCUT2D eigenvalue weighted by Gasteiger charge is -2.10. The second-order valence-electron chi connectivity index (χ2n) is 4.06. The summed E-state index contributed by atoms with van der Waals surface area (Å²) in [5.74, 6) is 1.03. The Labute approximate surface area is 125 Å². The van der Waals surface area contributed by atoms with E-state index in [4.69, 9.17) is 0 Å². The number of nitrogens with one attached hydrogen (secondary N) is 1. The molecule has 0 saturated carbocycles. The Bertz CT molecular complexity index is 493. The highest BCUT2D eigenvalue weighted by Gasteiger charge is 2.04. The van der Waals surface area contributed by atoms with Crippen molar-refractivity contribution in [2.24, 2.45) is 0 Å². The van der Waals surface area contributed by atoms with Crippen molar-refractivity contribution in [3.63, 3.8) is 0 Å². The number of benzene rings is 1. The number of thioether (sulfide) groups is 1. The zero-order valence-corrected chi connectivity index (χ0v) is 13.7. The fourth-order valence-electron chi connectivity index (χ4n) is 1.60. The molecule has 2 aromatic rings. The van der Waals surface area contributed by atoms with Gasteiger partial charge in [-0.05, 0) is 59.0 Å². The second kappa shape index (κ2) is 6.75. The molecule has 0 aliphatic carbocycles. The summed E-state index contributed by atoms with van der Waals surface area (Å²) in [6, 6.07) is 11.3. The van der Waals surface area contributed by atoms with E-state index in [1.165, 1.54) is 19.8 Å². The van der Waals surface area contributed by atoms with Gasteiger partial charge in [0, 0.05) is 26.0 Å². The Morgan fingerprint density at radius 3 is 2.56 bits per heavy atom. The molecule has 0 fully saturated rings. The first-order chi connectivity index (χ1) is 8.70. The number of thiophene rings is 1. The van der Waals surface area contributed by atoms with Crippen LogP contribution < -0.4 is 5.32 Å². The predicted molar refractivity (Wildman–Crippen MR) is 85.5 cm³/mol. The molecule has 1 aromatic heterocycles. The standard InChI is InChI=1S/C14H16BrNS2/c1-10(16-2)11-3-5-12(6-4-11)18-9-14-13(15)7-8-17-14/h3-8,10,16H,9H2,1-2H3. The van der Waals surface area contributed by atoms with Gasteiger partial charge in [-0.15, -0.1) is 23.1 Å². The molecule has 0 saturated heterocycles. The molecule has 0 amide bonds. The van der Waals surface area contributed by atoms with Crippen LogP contribution in [0.5, 0.6) is 0 Å². The number of halogens is 1. The van der Waals surface area contributed by atoms with Gasteiger partial charge < -0.3 is 5.32 Å². The van der Waals surface area contributed by atoms with Gasteiger partial charge in [-0.1, -0.05) is 12.1 Å². The zero-order valence-electron chi connectivity index (χ0n) is 10.4. The average molecular weight is 342 g/mol. The van der Waals surface area contributed by atoms with Gasteiger partial charge in [0.05, 0.1) is 0 Å². The maximum Gasteiger partial charge on any atom is 0.0337 e. The number of hydrogen-bond donors (Lipinski definition) is 1. The van der Waals surface area contributed by atoms with E-state index in [9.17, 15) is 0 Å². The summed E-state index contributed by atoms with van der Waals surface area (Å²) < 4.78 is 1.22. The Balaban J connectivity index is 1.96. The molecular formula is C14H16BrNS2. The van der Waals surface area contributed by atoms with Crippen molar-refractivity contribution >= 4 is 39.0 Å². The van der Waals surface area contributed by atoms with Crippen molar-refractivity contribution < 1.29 is 0 Å². The minimum atomic E-state index is 0.412. The van der Waals surface area contributed by atoms with Gasteiger partial charge in [0.25, 0.3) is 0 Å². The fraction of sp³-hybridized carbons (Fsp3) is 0.286. The van der Waals surface area contributed by atoms with Crippen LogP contribution in [0.15, 0.2) is 45.1 Å². The highest BCUT2D eigenvalue weighted by molar-refractivity contribution is 9.10. The molecule has 0 bridgehead atoms. The van der Waals surface area contributed by atoms with Crippen molar-refractivity contribution in [2.45, 2.75) is 23.6 Å². The van der Waals surface area contributed by atoms with Crippen LogP contribution in [0.25, 0.3) is 0 Å². The quantitative estimate of drug-likeness (QED) is 0.760. The Morgan fingerprint density at radius 2 is 2.00 bits per heavy atom. The summed E-state index contributed by atoms with van der Waals surface area (Å²) in [5, 5.41) is 5.37. The Kier molecular flexibility index (Phi) is 5.30. The van der Waals surface area contributed by atoms with Crippen molar-refractivity contribution in [2.75, 3.05) is 7.05 Å². The number of rotatable bonds is 5. The molecule has 2 rings (SSSR count). The second-order valence-corrected chi connectivity index (χ2v) is 6.96. The van der Waals surface area contributed by atoms with Gasteiger partial charge in [0.1, 0.15) is 0 Å². The minimum Gasteiger partial charge on any atom is -0.313 e. The molecule has 1 heterocycles. The van der Waals surface area contributed by atoms with Crippen LogP contribution in [0.4, 0.5) is 0 Å². The van der Waals surface area contributed by atoms with Gasteiger partial charge in [-0.25, -0.2) is 0 Å². The lowest BCUT2D eigenvalue weighted by molar-refractivity contribution is 0.652. The summed E-state index contributed by atoms with van der Waals surface area (Å²) >= 11 is 7.25. The fourth-order valence-corrected chi connectivity index (χ4v) is 4.29.